The van der Waals surface area contributed by atoms with Gasteiger partial charge in [0, 0.05) is 30.4 Å². The number of hydrogen-bond acceptors (Lipinski definition) is 3. The first-order valence-corrected chi connectivity index (χ1v) is 8.83. The molecular formula is C18H20F3N3O4. The topological polar surface area (TPSA) is 98.7 Å². The molecule has 1 aromatic carbocycles. The summed E-state index contributed by atoms with van der Waals surface area (Å²) in [6.45, 7) is 0.417. The molecule has 3 N–H and O–H groups in total. The Hall–Kier alpha value is -2.78. The van der Waals surface area contributed by atoms with Crippen molar-refractivity contribution >= 4 is 23.6 Å². The second-order valence-corrected chi connectivity index (χ2v) is 7.21. The normalized spacial score (nSPS) is 22.1. The van der Waals surface area contributed by atoms with Crippen molar-refractivity contribution < 1.29 is 32.7 Å². The molecule has 0 radical (unpaired) electrons. The summed E-state index contributed by atoms with van der Waals surface area (Å²) in [6, 6.07) is 4.00. The first-order chi connectivity index (χ1) is 13.1. The number of carbonyl (C=O) groups excluding carboxylic acids is 2. The van der Waals surface area contributed by atoms with Crippen molar-refractivity contribution in [2.45, 2.75) is 32.0 Å². The number of likely N-dealkylation sites (tertiary alicyclic amines) is 1. The van der Waals surface area contributed by atoms with Crippen LogP contribution in [0.1, 0.15) is 28.8 Å². The van der Waals surface area contributed by atoms with Gasteiger partial charge in [0.15, 0.2) is 0 Å². The number of carboxylic acid groups (broad SMARTS) is 1. The number of benzene rings is 1. The van der Waals surface area contributed by atoms with Crippen LogP contribution >= 0.6 is 0 Å². The summed E-state index contributed by atoms with van der Waals surface area (Å²) in [5, 5.41) is 14.4. The highest BCUT2D eigenvalue weighted by Crippen LogP contribution is 2.38. The minimum Gasteiger partial charge on any atom is -0.481 e. The first kappa shape index (κ1) is 20.0. The van der Waals surface area contributed by atoms with E-state index in [4.69, 9.17) is 5.11 Å². The highest BCUT2D eigenvalue weighted by atomic mass is 19.4. The van der Waals surface area contributed by atoms with E-state index in [0.29, 0.717) is 11.1 Å². The molecule has 2 atom stereocenters. The highest BCUT2D eigenvalue weighted by Gasteiger charge is 2.53. The van der Waals surface area contributed by atoms with Gasteiger partial charge in [0.1, 0.15) is 0 Å². The number of nitrogens with zero attached hydrogens (tertiary/aromatic N) is 1. The van der Waals surface area contributed by atoms with Crippen LogP contribution in [-0.4, -0.2) is 53.2 Å². The van der Waals surface area contributed by atoms with E-state index in [9.17, 15) is 27.6 Å². The zero-order valence-electron chi connectivity index (χ0n) is 15.0. The molecule has 1 saturated carbocycles. The molecule has 2 aliphatic rings. The number of alkyl halides is 3. The van der Waals surface area contributed by atoms with E-state index in [1.807, 2.05) is 0 Å². The molecule has 1 heterocycles. The van der Waals surface area contributed by atoms with Crippen molar-refractivity contribution in [3.8, 4) is 0 Å². The van der Waals surface area contributed by atoms with Gasteiger partial charge < -0.3 is 20.6 Å². The maximum absolute atomic E-state index is 13.1. The fraction of sp³-hybridized carbons (Fsp3) is 0.500. The minimum atomic E-state index is -4.71. The predicted octanol–water partition coefficient (Wildman–Crippen LogP) is 2.61. The van der Waals surface area contributed by atoms with Gasteiger partial charge in [-0.05, 0) is 37.5 Å². The van der Waals surface area contributed by atoms with Crippen LogP contribution in [0.2, 0.25) is 0 Å². The number of rotatable bonds is 4. The van der Waals surface area contributed by atoms with Gasteiger partial charge in [-0.3, -0.25) is 9.59 Å². The predicted molar refractivity (Wildman–Crippen MR) is 92.9 cm³/mol. The molecule has 3 rings (SSSR count). The molecule has 0 bridgehead atoms. The number of halogens is 3. The van der Waals surface area contributed by atoms with Crippen molar-refractivity contribution in [1.29, 1.82) is 0 Å². The Kier molecular flexibility index (Phi) is 5.22. The van der Waals surface area contributed by atoms with Gasteiger partial charge in [-0.15, -0.1) is 0 Å². The van der Waals surface area contributed by atoms with Crippen molar-refractivity contribution in [2.24, 2.45) is 11.8 Å². The summed E-state index contributed by atoms with van der Waals surface area (Å²) in [7, 11) is 0. The van der Waals surface area contributed by atoms with Gasteiger partial charge in [0.25, 0.3) is 5.91 Å². The Labute approximate surface area is 158 Å². The SMILES string of the molecule is Cc1ccc(C(=O)NC2CC2)cc1NC(=O)N1C[C@@H](C(F)(F)F)[C@H](C(=O)O)C1. The van der Waals surface area contributed by atoms with Crippen LogP contribution in [0.4, 0.5) is 23.7 Å². The van der Waals surface area contributed by atoms with E-state index >= 15 is 0 Å². The number of anilines is 1. The third kappa shape index (κ3) is 4.37. The molecule has 0 unspecified atom stereocenters. The number of hydrogen-bond donors (Lipinski definition) is 3. The molecule has 1 aromatic rings. The number of carbonyl (C=O) groups is 3. The van der Waals surface area contributed by atoms with E-state index in [0.717, 1.165) is 17.7 Å². The molecule has 28 heavy (non-hydrogen) atoms. The fourth-order valence-electron chi connectivity index (χ4n) is 3.14. The molecule has 0 spiro atoms. The van der Waals surface area contributed by atoms with Gasteiger partial charge in [-0.1, -0.05) is 6.07 Å². The van der Waals surface area contributed by atoms with Crippen LogP contribution in [0.5, 0.6) is 0 Å². The molecule has 1 aliphatic carbocycles. The smallest absolute Gasteiger partial charge is 0.394 e. The molecule has 10 heteroatoms. The van der Waals surface area contributed by atoms with Crippen LogP contribution in [0.25, 0.3) is 0 Å². The monoisotopic (exact) mass is 399 g/mol. The van der Waals surface area contributed by atoms with Crippen molar-refractivity contribution in [1.82, 2.24) is 10.2 Å². The fourth-order valence-corrected chi connectivity index (χ4v) is 3.14. The summed E-state index contributed by atoms with van der Waals surface area (Å²) in [5.74, 6) is -5.70. The maximum atomic E-state index is 13.1. The van der Waals surface area contributed by atoms with Crippen LogP contribution in [0.3, 0.4) is 0 Å². The second-order valence-electron chi connectivity index (χ2n) is 7.21. The lowest BCUT2D eigenvalue weighted by Crippen LogP contribution is -2.35. The van der Waals surface area contributed by atoms with E-state index in [-0.39, 0.29) is 17.6 Å². The lowest BCUT2D eigenvalue weighted by Gasteiger charge is -2.19. The molecule has 1 aliphatic heterocycles. The number of urea groups is 1. The lowest BCUT2D eigenvalue weighted by atomic mass is 9.96. The standard InChI is InChI=1S/C18H20F3N3O4/c1-9-2-3-10(15(25)22-11-4-5-11)6-14(9)23-17(28)24-7-12(16(26)27)13(8-24)18(19,20)21/h2-3,6,11-13H,4-5,7-8H2,1H3,(H,22,25)(H,23,28)(H,26,27)/t12-,13-/m1/s1. The molecule has 3 amide bonds. The van der Waals surface area contributed by atoms with Gasteiger partial charge in [0.05, 0.1) is 11.8 Å². The summed E-state index contributed by atoms with van der Waals surface area (Å²) in [5.41, 5.74) is 1.24. The second kappa shape index (κ2) is 7.33. The number of aryl methyl sites for hydroxylation is 1. The summed E-state index contributed by atoms with van der Waals surface area (Å²) >= 11 is 0. The average Bonchev–Trinajstić information content (AvgIpc) is 3.28. The quantitative estimate of drug-likeness (QED) is 0.725. The van der Waals surface area contributed by atoms with E-state index in [2.05, 4.69) is 10.6 Å². The van der Waals surface area contributed by atoms with Crippen LogP contribution in [-0.2, 0) is 4.79 Å². The Morgan fingerprint density at radius 3 is 2.39 bits per heavy atom. The Morgan fingerprint density at radius 1 is 1.18 bits per heavy atom. The van der Waals surface area contributed by atoms with Gasteiger partial charge in [-0.2, -0.15) is 13.2 Å². The Balaban J connectivity index is 1.72. The largest absolute Gasteiger partial charge is 0.481 e. The van der Waals surface area contributed by atoms with Gasteiger partial charge in [-0.25, -0.2) is 4.79 Å². The molecular weight excluding hydrogens is 379 g/mol. The Morgan fingerprint density at radius 2 is 1.86 bits per heavy atom. The number of amides is 3. The van der Waals surface area contributed by atoms with Crippen LogP contribution in [0.15, 0.2) is 18.2 Å². The van der Waals surface area contributed by atoms with Crippen LogP contribution in [0, 0.1) is 18.8 Å². The van der Waals surface area contributed by atoms with Crippen molar-refractivity contribution in [2.75, 3.05) is 18.4 Å². The first-order valence-electron chi connectivity index (χ1n) is 8.83. The molecule has 7 nitrogen and oxygen atoms in total. The van der Waals surface area contributed by atoms with Crippen molar-refractivity contribution in [3.05, 3.63) is 29.3 Å². The van der Waals surface area contributed by atoms with E-state index < -0.39 is 43.1 Å². The lowest BCUT2D eigenvalue weighted by molar-refractivity contribution is -0.187. The number of aliphatic carboxylic acids is 1. The molecule has 2 fully saturated rings. The summed E-state index contributed by atoms with van der Waals surface area (Å²) in [6.07, 6.45) is -2.88. The van der Waals surface area contributed by atoms with E-state index in [1.165, 1.54) is 6.07 Å². The average molecular weight is 399 g/mol. The summed E-state index contributed by atoms with van der Waals surface area (Å²) in [4.78, 5) is 36.6. The molecule has 152 valence electrons. The molecule has 0 aromatic heterocycles. The van der Waals surface area contributed by atoms with Crippen molar-refractivity contribution in [3.63, 3.8) is 0 Å². The number of nitrogens with one attached hydrogen (secondary N) is 2. The Bertz CT molecular complexity index is 808. The highest BCUT2D eigenvalue weighted by molar-refractivity contribution is 5.97. The zero-order chi connectivity index (χ0) is 20.6. The third-order valence-corrected chi connectivity index (χ3v) is 5.00. The van der Waals surface area contributed by atoms with Gasteiger partial charge in [0.2, 0.25) is 0 Å². The maximum Gasteiger partial charge on any atom is 0.394 e. The summed E-state index contributed by atoms with van der Waals surface area (Å²) < 4.78 is 39.3. The molecule has 1 saturated heterocycles. The third-order valence-electron chi connectivity index (χ3n) is 5.00. The number of carboxylic acids is 1. The van der Waals surface area contributed by atoms with Crippen LogP contribution < -0.4 is 10.6 Å². The zero-order valence-corrected chi connectivity index (χ0v) is 15.0. The van der Waals surface area contributed by atoms with Gasteiger partial charge >= 0.3 is 18.2 Å². The van der Waals surface area contributed by atoms with E-state index in [1.54, 1.807) is 19.1 Å². The minimum absolute atomic E-state index is 0.156.